The molecule has 2 aromatic heterocycles. The molecule has 0 unspecified atom stereocenters. The summed E-state index contributed by atoms with van der Waals surface area (Å²) in [6, 6.07) is 8.14. The first kappa shape index (κ1) is 13.8. The minimum atomic E-state index is 0.260. The molecular formula is C14H11BrClN3S. The van der Waals surface area contributed by atoms with E-state index in [9.17, 15) is 0 Å². The number of benzene rings is 1. The van der Waals surface area contributed by atoms with Crippen LogP contribution in [0.25, 0.3) is 10.2 Å². The molecule has 0 radical (unpaired) electrons. The van der Waals surface area contributed by atoms with Crippen molar-refractivity contribution in [1.82, 2.24) is 9.97 Å². The van der Waals surface area contributed by atoms with E-state index in [0.29, 0.717) is 0 Å². The van der Waals surface area contributed by atoms with Crippen LogP contribution in [-0.2, 0) is 0 Å². The van der Waals surface area contributed by atoms with E-state index < -0.39 is 0 Å². The van der Waals surface area contributed by atoms with Gasteiger partial charge in [-0.1, -0.05) is 15.9 Å². The first-order chi connectivity index (χ1) is 9.52. The van der Waals surface area contributed by atoms with E-state index in [1.807, 2.05) is 26.0 Å². The van der Waals surface area contributed by atoms with Crippen LogP contribution in [-0.4, -0.2) is 9.97 Å². The number of hydrogen-bond acceptors (Lipinski definition) is 4. The molecule has 102 valence electrons. The highest BCUT2D eigenvalue weighted by Crippen LogP contribution is 2.31. The van der Waals surface area contributed by atoms with Gasteiger partial charge in [-0.05, 0) is 55.3 Å². The van der Waals surface area contributed by atoms with Gasteiger partial charge >= 0.3 is 0 Å². The van der Waals surface area contributed by atoms with Gasteiger partial charge in [-0.15, -0.1) is 11.3 Å². The first-order valence-corrected chi connectivity index (χ1v) is 7.98. The molecule has 3 nitrogen and oxygen atoms in total. The fraction of sp³-hybridized carbons (Fsp3) is 0.143. The number of hydrogen-bond donors (Lipinski definition) is 1. The summed E-state index contributed by atoms with van der Waals surface area (Å²) in [4.78, 5) is 10.6. The van der Waals surface area contributed by atoms with E-state index in [1.165, 1.54) is 4.88 Å². The van der Waals surface area contributed by atoms with E-state index in [2.05, 4.69) is 43.3 Å². The largest absolute Gasteiger partial charge is 0.340 e. The molecule has 3 aromatic rings. The Kier molecular flexibility index (Phi) is 3.67. The second-order valence-electron chi connectivity index (χ2n) is 4.51. The fourth-order valence-corrected chi connectivity index (χ4v) is 3.32. The Morgan fingerprint density at radius 2 is 2.00 bits per heavy atom. The molecule has 0 saturated carbocycles. The summed E-state index contributed by atoms with van der Waals surface area (Å²) >= 11 is 11.1. The molecule has 2 heterocycles. The zero-order chi connectivity index (χ0) is 14.3. The Labute approximate surface area is 134 Å². The SMILES string of the molecule is Cc1cc2c(Nc3ccc(Br)c(C)c3)nc(Cl)nc2s1. The van der Waals surface area contributed by atoms with Crippen molar-refractivity contribution in [2.45, 2.75) is 13.8 Å². The maximum Gasteiger partial charge on any atom is 0.225 e. The summed E-state index contributed by atoms with van der Waals surface area (Å²) in [7, 11) is 0. The minimum absolute atomic E-state index is 0.260. The monoisotopic (exact) mass is 367 g/mol. The van der Waals surface area contributed by atoms with Gasteiger partial charge in [-0.3, -0.25) is 0 Å². The molecule has 1 aromatic carbocycles. The summed E-state index contributed by atoms with van der Waals surface area (Å²) in [6.45, 7) is 4.10. The predicted octanol–water partition coefficient (Wildman–Crippen LogP) is 5.47. The summed E-state index contributed by atoms with van der Waals surface area (Å²) in [5.41, 5.74) is 2.14. The van der Waals surface area contributed by atoms with Crippen molar-refractivity contribution in [2.24, 2.45) is 0 Å². The molecule has 20 heavy (non-hydrogen) atoms. The van der Waals surface area contributed by atoms with Gasteiger partial charge in [-0.25, -0.2) is 4.98 Å². The van der Waals surface area contributed by atoms with Crippen LogP contribution in [0, 0.1) is 13.8 Å². The van der Waals surface area contributed by atoms with Crippen molar-refractivity contribution >= 4 is 60.6 Å². The molecule has 0 fully saturated rings. The topological polar surface area (TPSA) is 37.8 Å². The number of nitrogens with one attached hydrogen (secondary N) is 1. The lowest BCUT2D eigenvalue weighted by Crippen LogP contribution is -1.96. The van der Waals surface area contributed by atoms with Crippen molar-refractivity contribution in [1.29, 1.82) is 0 Å². The number of aryl methyl sites for hydroxylation is 2. The third-order valence-electron chi connectivity index (χ3n) is 2.91. The van der Waals surface area contributed by atoms with Gasteiger partial charge in [0.1, 0.15) is 10.6 Å². The number of nitrogens with zero attached hydrogens (tertiary/aromatic N) is 2. The third kappa shape index (κ3) is 2.66. The average molecular weight is 369 g/mol. The van der Waals surface area contributed by atoms with E-state index >= 15 is 0 Å². The fourth-order valence-electron chi connectivity index (χ4n) is 1.97. The Balaban J connectivity index is 2.07. The van der Waals surface area contributed by atoms with Crippen molar-refractivity contribution in [3.8, 4) is 0 Å². The minimum Gasteiger partial charge on any atom is -0.340 e. The Hall–Kier alpha value is -1.17. The van der Waals surface area contributed by atoms with Gasteiger partial charge < -0.3 is 5.32 Å². The lowest BCUT2D eigenvalue weighted by atomic mass is 10.2. The van der Waals surface area contributed by atoms with Gasteiger partial charge in [0, 0.05) is 15.0 Å². The molecular weight excluding hydrogens is 358 g/mol. The molecule has 0 aliphatic rings. The summed E-state index contributed by atoms with van der Waals surface area (Å²) in [5.74, 6) is 0.742. The Morgan fingerprint density at radius 3 is 2.75 bits per heavy atom. The lowest BCUT2D eigenvalue weighted by Gasteiger charge is -2.08. The molecule has 0 atom stereocenters. The van der Waals surface area contributed by atoms with Crippen LogP contribution < -0.4 is 5.32 Å². The molecule has 3 rings (SSSR count). The van der Waals surface area contributed by atoms with E-state index in [1.54, 1.807) is 11.3 Å². The summed E-state index contributed by atoms with van der Waals surface area (Å²) in [6.07, 6.45) is 0. The van der Waals surface area contributed by atoms with Crippen LogP contribution in [0.2, 0.25) is 5.28 Å². The maximum absolute atomic E-state index is 5.99. The molecule has 0 aliphatic heterocycles. The van der Waals surface area contributed by atoms with Gasteiger partial charge in [0.2, 0.25) is 5.28 Å². The van der Waals surface area contributed by atoms with Crippen LogP contribution in [0.3, 0.4) is 0 Å². The zero-order valence-electron chi connectivity index (χ0n) is 10.9. The van der Waals surface area contributed by atoms with Crippen LogP contribution >= 0.6 is 38.9 Å². The van der Waals surface area contributed by atoms with Crippen LogP contribution in [0.15, 0.2) is 28.7 Å². The normalized spacial score (nSPS) is 11.0. The number of fused-ring (bicyclic) bond motifs is 1. The molecule has 0 spiro atoms. The summed E-state index contributed by atoms with van der Waals surface area (Å²) in [5, 5.41) is 4.58. The molecule has 0 saturated heterocycles. The third-order valence-corrected chi connectivity index (χ3v) is 4.91. The van der Waals surface area contributed by atoms with Crippen molar-refractivity contribution in [3.63, 3.8) is 0 Å². The number of rotatable bonds is 2. The van der Waals surface area contributed by atoms with Gasteiger partial charge in [-0.2, -0.15) is 4.98 Å². The second-order valence-corrected chi connectivity index (χ2v) is 6.93. The van der Waals surface area contributed by atoms with Gasteiger partial charge in [0.05, 0.1) is 5.39 Å². The molecule has 6 heteroatoms. The highest BCUT2D eigenvalue weighted by atomic mass is 79.9. The van der Waals surface area contributed by atoms with Crippen molar-refractivity contribution < 1.29 is 0 Å². The highest BCUT2D eigenvalue weighted by molar-refractivity contribution is 9.10. The Morgan fingerprint density at radius 1 is 1.20 bits per heavy atom. The number of aromatic nitrogens is 2. The van der Waals surface area contributed by atoms with E-state index in [0.717, 1.165) is 31.8 Å². The smallest absolute Gasteiger partial charge is 0.225 e. The predicted molar refractivity (Wildman–Crippen MR) is 89.3 cm³/mol. The lowest BCUT2D eigenvalue weighted by molar-refractivity contribution is 1.23. The van der Waals surface area contributed by atoms with Gasteiger partial charge in [0.25, 0.3) is 0 Å². The number of anilines is 2. The number of halogens is 2. The quantitative estimate of drug-likeness (QED) is 0.610. The molecule has 0 amide bonds. The standard InChI is InChI=1S/C14H11BrClN3S/c1-7-5-9(3-4-11(7)15)17-12-10-6-8(2)20-13(10)19-14(16)18-12/h3-6H,1-2H3,(H,17,18,19). The van der Waals surface area contributed by atoms with Crippen molar-refractivity contribution in [2.75, 3.05) is 5.32 Å². The van der Waals surface area contributed by atoms with Crippen molar-refractivity contribution in [3.05, 3.63) is 44.5 Å². The second kappa shape index (κ2) is 5.31. The molecule has 1 N–H and O–H groups in total. The van der Waals surface area contributed by atoms with E-state index in [4.69, 9.17) is 11.6 Å². The Bertz CT molecular complexity index is 800. The van der Waals surface area contributed by atoms with Crippen LogP contribution in [0.4, 0.5) is 11.5 Å². The molecule has 0 bridgehead atoms. The van der Waals surface area contributed by atoms with Crippen LogP contribution in [0.1, 0.15) is 10.4 Å². The van der Waals surface area contributed by atoms with Gasteiger partial charge in [0.15, 0.2) is 0 Å². The highest BCUT2D eigenvalue weighted by Gasteiger charge is 2.10. The average Bonchev–Trinajstić information content (AvgIpc) is 2.74. The zero-order valence-corrected chi connectivity index (χ0v) is 14.0. The molecule has 0 aliphatic carbocycles. The maximum atomic E-state index is 5.99. The number of thiophene rings is 1. The first-order valence-electron chi connectivity index (χ1n) is 6.00. The van der Waals surface area contributed by atoms with E-state index in [-0.39, 0.29) is 5.28 Å². The summed E-state index contributed by atoms with van der Waals surface area (Å²) < 4.78 is 1.08. The van der Waals surface area contributed by atoms with Crippen LogP contribution in [0.5, 0.6) is 0 Å².